The first-order chi connectivity index (χ1) is 3.25. The molecule has 0 nitrogen and oxygen atoms in total. The van der Waals surface area contributed by atoms with Gasteiger partial charge in [-0.15, -0.1) is 0 Å². The van der Waals surface area contributed by atoms with Crippen molar-refractivity contribution in [2.24, 2.45) is 0 Å². The topological polar surface area (TPSA) is 0 Å². The Labute approximate surface area is 60.5 Å². The smallest absolute Gasteiger partial charge is 0.162 e. The minimum atomic E-state index is -6.06. The van der Waals surface area contributed by atoms with Crippen molar-refractivity contribution in [3.63, 3.8) is 0 Å². The summed E-state index contributed by atoms with van der Waals surface area (Å²) in [6.45, 7) is 0. The molecule has 0 atom stereocenters. The Morgan fingerprint density at radius 2 is 0.667 bits per heavy atom. The summed E-state index contributed by atoms with van der Waals surface area (Å²) in [7, 11) is 0. The van der Waals surface area contributed by atoms with E-state index in [0.29, 0.717) is 0 Å². The summed E-state index contributed by atoms with van der Waals surface area (Å²) < 4.78 is 62.6. The fraction of sp³-hybridized carbons (Fsp3) is 1.00. The van der Waals surface area contributed by atoms with Crippen LogP contribution in [0.4, 0.5) is 26.3 Å². The summed E-state index contributed by atoms with van der Waals surface area (Å²) in [5, 5.41) is 0. The minimum Gasteiger partial charge on any atom is -0.162 e. The molecule has 0 spiro atoms. The quantitative estimate of drug-likeness (QED) is 0.600. The van der Waals surface area contributed by atoms with E-state index in [1.807, 2.05) is 0 Å². The molecule has 0 aromatic rings. The zero-order valence-corrected chi connectivity index (χ0v) is 6.61. The monoisotopic (exact) mass is 322 g/mol. The van der Waals surface area contributed by atoms with Gasteiger partial charge in [0.2, 0.25) is 0 Å². The first-order valence-electron chi connectivity index (χ1n) is 1.38. The standard InChI is InChI=1S/C2F6.W/c3-1(4,5)2(6,7)8;. The molecule has 0 aromatic heterocycles. The molecule has 0 aliphatic rings. The van der Waals surface area contributed by atoms with Crippen molar-refractivity contribution in [3.8, 4) is 0 Å². The van der Waals surface area contributed by atoms with Crippen LogP contribution in [0.1, 0.15) is 0 Å². The summed E-state index contributed by atoms with van der Waals surface area (Å²) >= 11 is 0. The second-order valence-corrected chi connectivity index (χ2v) is 0.996. The van der Waals surface area contributed by atoms with E-state index in [1.54, 1.807) is 0 Å². The van der Waals surface area contributed by atoms with Crippen LogP contribution < -0.4 is 0 Å². The van der Waals surface area contributed by atoms with Gasteiger partial charge in [0.25, 0.3) is 0 Å². The maximum Gasteiger partial charge on any atom is 0.487 e. The zero-order chi connectivity index (χ0) is 7.00. The van der Waals surface area contributed by atoms with Crippen molar-refractivity contribution in [2.75, 3.05) is 0 Å². The zero-order valence-electron chi connectivity index (χ0n) is 3.68. The maximum absolute atomic E-state index is 10.4. The molecule has 0 rings (SSSR count). The number of rotatable bonds is 0. The van der Waals surface area contributed by atoms with Crippen LogP contribution in [0.3, 0.4) is 0 Å². The van der Waals surface area contributed by atoms with Crippen LogP contribution in [0.25, 0.3) is 0 Å². The van der Waals surface area contributed by atoms with Crippen molar-refractivity contribution < 1.29 is 47.4 Å². The van der Waals surface area contributed by atoms with E-state index in [1.165, 1.54) is 0 Å². The summed E-state index contributed by atoms with van der Waals surface area (Å²) in [4.78, 5) is 0. The predicted octanol–water partition coefficient (Wildman–Crippen LogP) is 2.11. The summed E-state index contributed by atoms with van der Waals surface area (Å²) in [5.74, 6) is 0. The molecule has 7 heteroatoms. The number of hydrogen-bond donors (Lipinski definition) is 0. The second kappa shape index (κ2) is 2.90. The Morgan fingerprint density at radius 3 is 0.667 bits per heavy atom. The number of halogens is 6. The van der Waals surface area contributed by atoms with Gasteiger partial charge >= 0.3 is 12.4 Å². The number of hydrogen-bond acceptors (Lipinski definition) is 0. The van der Waals surface area contributed by atoms with Gasteiger partial charge in [-0.25, -0.2) is 0 Å². The Kier molecular flexibility index (Phi) is 3.87. The van der Waals surface area contributed by atoms with Crippen LogP contribution in [0.2, 0.25) is 0 Å². The van der Waals surface area contributed by atoms with Crippen LogP contribution in [-0.2, 0) is 21.1 Å². The maximum atomic E-state index is 10.4. The molecular weight excluding hydrogens is 322 g/mol. The third kappa shape index (κ3) is 3.78. The minimum absolute atomic E-state index is 0. The van der Waals surface area contributed by atoms with Gasteiger partial charge in [0, 0.05) is 21.1 Å². The average molecular weight is 322 g/mol. The van der Waals surface area contributed by atoms with Crippen molar-refractivity contribution in [1.82, 2.24) is 0 Å². The molecule has 0 fully saturated rings. The molecule has 0 aromatic carbocycles. The van der Waals surface area contributed by atoms with E-state index >= 15 is 0 Å². The van der Waals surface area contributed by atoms with Crippen molar-refractivity contribution in [2.45, 2.75) is 12.4 Å². The molecule has 0 N–H and O–H groups in total. The molecule has 0 saturated heterocycles. The molecule has 0 unspecified atom stereocenters. The fourth-order valence-corrected chi connectivity index (χ4v) is 0. The van der Waals surface area contributed by atoms with Crippen LogP contribution in [0.15, 0.2) is 0 Å². The van der Waals surface area contributed by atoms with Gasteiger partial charge in [0.1, 0.15) is 0 Å². The predicted molar refractivity (Wildman–Crippen MR) is 12.1 cm³/mol. The van der Waals surface area contributed by atoms with Gasteiger partial charge < -0.3 is 0 Å². The summed E-state index contributed by atoms with van der Waals surface area (Å²) in [6, 6.07) is 0. The molecular formula is C2F6W. The van der Waals surface area contributed by atoms with E-state index < -0.39 is 12.4 Å². The van der Waals surface area contributed by atoms with E-state index in [9.17, 15) is 26.3 Å². The van der Waals surface area contributed by atoms with Gasteiger partial charge in [-0.2, -0.15) is 26.3 Å². The van der Waals surface area contributed by atoms with Gasteiger partial charge in [-0.3, -0.25) is 0 Å². The molecule has 0 amide bonds. The first kappa shape index (κ1) is 12.0. The van der Waals surface area contributed by atoms with Crippen LogP contribution in [0.5, 0.6) is 0 Å². The Balaban J connectivity index is 0. The van der Waals surface area contributed by atoms with Crippen LogP contribution >= 0.6 is 0 Å². The third-order valence-corrected chi connectivity index (χ3v) is 0.321. The third-order valence-electron chi connectivity index (χ3n) is 0.321. The van der Waals surface area contributed by atoms with E-state index in [-0.39, 0.29) is 21.1 Å². The van der Waals surface area contributed by atoms with Gasteiger partial charge in [0.05, 0.1) is 0 Å². The molecule has 0 radical (unpaired) electrons. The van der Waals surface area contributed by atoms with Gasteiger partial charge in [-0.1, -0.05) is 0 Å². The Hall–Kier alpha value is 0.268. The van der Waals surface area contributed by atoms with Crippen LogP contribution in [-0.4, -0.2) is 12.4 Å². The molecule has 0 bridgehead atoms. The second-order valence-electron chi connectivity index (χ2n) is 0.996. The average Bonchev–Trinajstić information content (AvgIpc) is 1.25. The molecule has 0 aliphatic carbocycles. The van der Waals surface area contributed by atoms with Crippen molar-refractivity contribution in [1.29, 1.82) is 0 Å². The van der Waals surface area contributed by atoms with Crippen molar-refractivity contribution in [3.05, 3.63) is 0 Å². The Morgan fingerprint density at radius 1 is 0.556 bits per heavy atom. The van der Waals surface area contributed by atoms with Crippen molar-refractivity contribution >= 4 is 0 Å². The molecule has 0 saturated carbocycles. The summed E-state index contributed by atoms with van der Waals surface area (Å²) in [5.41, 5.74) is 0. The van der Waals surface area contributed by atoms with E-state index in [4.69, 9.17) is 0 Å². The van der Waals surface area contributed by atoms with E-state index in [0.717, 1.165) is 0 Å². The normalized spacial score (nSPS) is 12.7. The SMILES string of the molecule is FC(F)(F)C(F)(F)F.[W]. The fourth-order valence-electron chi connectivity index (χ4n) is 0. The molecule has 56 valence electrons. The molecule has 9 heavy (non-hydrogen) atoms. The van der Waals surface area contributed by atoms with Gasteiger partial charge in [0.15, 0.2) is 0 Å². The number of alkyl halides is 6. The van der Waals surface area contributed by atoms with E-state index in [2.05, 4.69) is 0 Å². The first-order valence-corrected chi connectivity index (χ1v) is 1.38. The largest absolute Gasteiger partial charge is 0.487 e. The van der Waals surface area contributed by atoms with Crippen LogP contribution in [0, 0.1) is 0 Å². The molecule has 0 heterocycles. The molecule has 0 aliphatic heterocycles. The van der Waals surface area contributed by atoms with Gasteiger partial charge in [-0.05, 0) is 0 Å². The summed E-state index contributed by atoms with van der Waals surface area (Å²) in [6.07, 6.45) is -12.1. The Bertz CT molecular complexity index is 66.0.